The number of aryl methyl sites for hydroxylation is 1. The van der Waals surface area contributed by atoms with Gasteiger partial charge in [-0.05, 0) is 70.7 Å². The van der Waals surface area contributed by atoms with Crippen LogP contribution in [0.15, 0.2) is 48.9 Å². The fourth-order valence-electron chi connectivity index (χ4n) is 3.26. The molecule has 0 fully saturated rings. The third-order valence-electron chi connectivity index (χ3n) is 5.06. The molecule has 3 aromatic rings. The molecule has 0 aliphatic heterocycles. The van der Waals surface area contributed by atoms with Crippen LogP contribution in [0.3, 0.4) is 0 Å². The number of nitriles is 1. The Kier molecular flexibility index (Phi) is 6.45. The van der Waals surface area contributed by atoms with Gasteiger partial charge in [0.15, 0.2) is 0 Å². The molecule has 2 N–H and O–H groups in total. The molecule has 0 aliphatic rings. The van der Waals surface area contributed by atoms with Crippen molar-refractivity contribution in [1.82, 2.24) is 14.9 Å². The summed E-state index contributed by atoms with van der Waals surface area (Å²) < 4.78 is 48.8. The maximum atomic E-state index is 14.7. The van der Waals surface area contributed by atoms with Crippen LogP contribution >= 0.6 is 15.9 Å². The monoisotopic (exact) mass is 508 g/mol. The van der Waals surface area contributed by atoms with Gasteiger partial charge in [-0.1, -0.05) is 13.0 Å². The number of hydrogen-bond acceptors (Lipinski definition) is 6. The molecule has 2 aromatic carbocycles. The Morgan fingerprint density at radius 1 is 1.29 bits per heavy atom. The van der Waals surface area contributed by atoms with Gasteiger partial charge >= 0.3 is 5.76 Å². The van der Waals surface area contributed by atoms with Gasteiger partial charge < -0.3 is 4.42 Å². The highest BCUT2D eigenvalue weighted by Gasteiger charge is 2.33. The summed E-state index contributed by atoms with van der Waals surface area (Å²) in [6.45, 7) is 5.14. The average Bonchev–Trinajstić information content (AvgIpc) is 3.15. The average molecular weight is 509 g/mol. The number of hydrogen-bond donors (Lipinski definition) is 2. The second-order valence-electron chi connectivity index (χ2n) is 7.00. The van der Waals surface area contributed by atoms with E-state index in [2.05, 4.69) is 30.8 Å². The first kappa shape index (κ1) is 22.9. The van der Waals surface area contributed by atoms with Crippen molar-refractivity contribution in [3.8, 4) is 6.07 Å². The largest absolute Gasteiger partial charge is 0.434 e. The molecule has 8 nitrogen and oxygen atoms in total. The van der Waals surface area contributed by atoms with Gasteiger partial charge in [0, 0.05) is 10.4 Å². The van der Waals surface area contributed by atoms with Crippen LogP contribution in [-0.4, -0.2) is 18.6 Å². The molecule has 162 valence electrons. The second-order valence-corrected chi connectivity index (χ2v) is 9.56. The number of nitrogens with zero attached hydrogens (tertiary/aromatic N) is 2. The summed E-state index contributed by atoms with van der Waals surface area (Å²) in [6, 6.07) is 7.57. The van der Waals surface area contributed by atoms with Gasteiger partial charge in [0.05, 0.1) is 10.5 Å². The first-order valence-electron chi connectivity index (χ1n) is 9.08. The van der Waals surface area contributed by atoms with Gasteiger partial charge in [-0.15, -0.1) is 5.10 Å². The topological polar surface area (TPSA) is 129 Å². The number of H-pyrrole nitrogens is 1. The van der Waals surface area contributed by atoms with Crippen molar-refractivity contribution in [1.29, 1.82) is 5.26 Å². The van der Waals surface area contributed by atoms with Crippen LogP contribution in [0.4, 0.5) is 4.39 Å². The zero-order chi connectivity index (χ0) is 22.9. The summed E-state index contributed by atoms with van der Waals surface area (Å²) in [5.74, 6) is -2.41. The molecule has 11 heteroatoms. The fraction of sp³-hybridized carbons (Fsp3) is 0.250. The number of halogens is 2. The maximum absolute atomic E-state index is 14.7. The van der Waals surface area contributed by atoms with Gasteiger partial charge in [0.1, 0.15) is 17.9 Å². The van der Waals surface area contributed by atoms with E-state index in [4.69, 9.17) is 4.42 Å². The van der Waals surface area contributed by atoms with Crippen molar-refractivity contribution >= 4 is 26.0 Å². The molecule has 0 bridgehead atoms. The van der Waals surface area contributed by atoms with E-state index in [1.165, 1.54) is 24.3 Å². The van der Waals surface area contributed by atoms with Crippen LogP contribution in [0.5, 0.6) is 0 Å². The molecule has 31 heavy (non-hydrogen) atoms. The van der Waals surface area contributed by atoms with E-state index >= 15 is 0 Å². The van der Waals surface area contributed by atoms with Crippen molar-refractivity contribution in [3.63, 3.8) is 0 Å². The molecule has 2 atom stereocenters. The molecule has 0 unspecified atom stereocenters. The number of aromatic nitrogens is 2. The lowest BCUT2D eigenvalue weighted by molar-refractivity contribution is 0.377. The highest BCUT2D eigenvalue weighted by atomic mass is 79.9. The molecule has 0 aliphatic carbocycles. The van der Waals surface area contributed by atoms with Crippen LogP contribution in [0, 0.1) is 31.0 Å². The van der Waals surface area contributed by atoms with E-state index in [-0.39, 0.29) is 21.9 Å². The van der Waals surface area contributed by atoms with E-state index in [0.29, 0.717) is 10.0 Å². The van der Waals surface area contributed by atoms with Crippen molar-refractivity contribution in [2.75, 3.05) is 0 Å². The van der Waals surface area contributed by atoms with Crippen molar-refractivity contribution < 1.29 is 17.2 Å². The van der Waals surface area contributed by atoms with Crippen molar-refractivity contribution in [3.05, 3.63) is 79.3 Å². The number of sulfonamides is 1. The van der Waals surface area contributed by atoms with Crippen LogP contribution in [0.1, 0.15) is 47.0 Å². The Labute approximate surface area is 186 Å². The molecule has 0 saturated heterocycles. The first-order valence-corrected chi connectivity index (χ1v) is 11.4. The molecular formula is C20H18BrFN4O4S. The third-order valence-corrected chi connectivity index (χ3v) is 7.19. The summed E-state index contributed by atoms with van der Waals surface area (Å²) in [6.07, 6.45) is 0. The summed E-state index contributed by atoms with van der Waals surface area (Å²) >= 11 is 3.18. The molecule has 0 spiro atoms. The molecule has 0 amide bonds. The van der Waals surface area contributed by atoms with E-state index in [1.54, 1.807) is 19.9 Å². The Hall–Kier alpha value is -2.81. The molecular weight excluding hydrogens is 491 g/mol. The standard InChI is InChI=1S/C20H18BrFN4O4S/c1-10-4-7-16(22)17(11(10)2)12(3)18(19-24-25-20(27)30-19)26-31(28,29)14-5-6-15(21)13(8-14)9-23/h4-8,12,18,26H,1-3H3,(H,25,27)/t12-,18+/m1/s1. The molecule has 0 saturated carbocycles. The highest BCUT2D eigenvalue weighted by Crippen LogP contribution is 2.35. The number of aromatic amines is 1. The molecule has 1 heterocycles. The van der Waals surface area contributed by atoms with Crippen LogP contribution < -0.4 is 10.5 Å². The molecule has 3 rings (SSSR count). The lowest BCUT2D eigenvalue weighted by Gasteiger charge is -2.25. The van der Waals surface area contributed by atoms with Crippen LogP contribution in [0.2, 0.25) is 0 Å². The highest BCUT2D eigenvalue weighted by molar-refractivity contribution is 9.10. The summed E-state index contributed by atoms with van der Waals surface area (Å²) in [4.78, 5) is 11.3. The fourth-order valence-corrected chi connectivity index (χ4v) is 4.89. The SMILES string of the molecule is Cc1ccc(F)c([C@@H](C)[C@H](NS(=O)(=O)c2ccc(Br)c(C#N)c2)c2n[nH]c(=O)o2)c1C. The predicted molar refractivity (Wildman–Crippen MR) is 113 cm³/mol. The van der Waals surface area contributed by atoms with Crippen LogP contribution in [-0.2, 0) is 10.0 Å². The summed E-state index contributed by atoms with van der Waals surface area (Å²) in [5, 5.41) is 15.0. The van der Waals surface area contributed by atoms with E-state index in [9.17, 15) is 22.9 Å². The van der Waals surface area contributed by atoms with Crippen molar-refractivity contribution in [2.24, 2.45) is 0 Å². The Bertz CT molecular complexity index is 1340. The number of nitrogens with one attached hydrogen (secondary N) is 2. The normalized spacial score (nSPS) is 13.5. The van der Waals surface area contributed by atoms with Gasteiger partial charge in [-0.3, -0.25) is 0 Å². The minimum Gasteiger partial charge on any atom is -0.391 e. The van der Waals surface area contributed by atoms with Gasteiger partial charge in [0.2, 0.25) is 15.9 Å². The van der Waals surface area contributed by atoms with Gasteiger partial charge in [-0.25, -0.2) is 22.7 Å². The maximum Gasteiger partial charge on any atom is 0.434 e. The Morgan fingerprint density at radius 2 is 2.00 bits per heavy atom. The third kappa shape index (κ3) is 4.61. The zero-order valence-electron chi connectivity index (χ0n) is 16.7. The van der Waals surface area contributed by atoms with Gasteiger partial charge in [-0.2, -0.15) is 9.98 Å². The molecule has 0 radical (unpaired) electrons. The van der Waals surface area contributed by atoms with Gasteiger partial charge in [0.25, 0.3) is 0 Å². The summed E-state index contributed by atoms with van der Waals surface area (Å²) in [7, 11) is -4.20. The Morgan fingerprint density at radius 3 is 2.61 bits per heavy atom. The summed E-state index contributed by atoms with van der Waals surface area (Å²) in [5.41, 5.74) is 1.86. The van der Waals surface area contributed by atoms with E-state index in [0.717, 1.165) is 5.56 Å². The first-order chi connectivity index (χ1) is 14.5. The number of rotatable bonds is 6. The lowest BCUT2D eigenvalue weighted by Crippen LogP contribution is -2.33. The van der Waals surface area contributed by atoms with E-state index < -0.39 is 33.6 Å². The van der Waals surface area contributed by atoms with Crippen LogP contribution in [0.25, 0.3) is 0 Å². The predicted octanol–water partition coefficient (Wildman–Crippen LogP) is 3.58. The minimum absolute atomic E-state index is 0.124. The quantitative estimate of drug-likeness (QED) is 0.523. The zero-order valence-corrected chi connectivity index (χ0v) is 19.1. The minimum atomic E-state index is -4.20. The lowest BCUT2D eigenvalue weighted by atomic mass is 9.88. The Balaban J connectivity index is 2.10. The van der Waals surface area contributed by atoms with E-state index in [1.807, 2.05) is 13.0 Å². The number of benzene rings is 2. The van der Waals surface area contributed by atoms with Crippen molar-refractivity contribution in [2.45, 2.75) is 37.6 Å². The smallest absolute Gasteiger partial charge is 0.391 e. The second kappa shape index (κ2) is 8.74. The molecule has 1 aromatic heterocycles.